The van der Waals surface area contributed by atoms with Gasteiger partial charge in [0, 0.05) is 9.36 Å². The van der Waals surface area contributed by atoms with Crippen LogP contribution in [-0.2, 0) is 0 Å². The summed E-state index contributed by atoms with van der Waals surface area (Å²) in [7, 11) is 0. The average molecular weight is 363 g/mol. The first-order valence-electron chi connectivity index (χ1n) is 7.72. The van der Waals surface area contributed by atoms with Crippen LogP contribution in [-0.4, -0.2) is 0 Å². The second kappa shape index (κ2) is 8.55. The second-order valence-electron chi connectivity index (χ2n) is 5.40. The van der Waals surface area contributed by atoms with Gasteiger partial charge in [0.1, 0.15) is 0 Å². The molecule has 0 unspecified atom stereocenters. The molecule has 1 aromatic carbocycles. The van der Waals surface area contributed by atoms with Crippen molar-refractivity contribution >= 4 is 37.3 Å². The highest BCUT2D eigenvalue weighted by Crippen LogP contribution is 2.37. The van der Waals surface area contributed by atoms with E-state index >= 15 is 0 Å². The molecule has 0 aliphatic heterocycles. The predicted octanol–water partition coefficient (Wildman–Crippen LogP) is 7.29. The highest BCUT2D eigenvalue weighted by Gasteiger charge is 2.11. The van der Waals surface area contributed by atoms with E-state index in [0.29, 0.717) is 0 Å². The molecular weight excluding hydrogens is 340 g/mol. The topological polar surface area (TPSA) is 0 Å². The van der Waals surface area contributed by atoms with Crippen molar-refractivity contribution in [2.45, 2.75) is 46.0 Å². The third-order valence-electron chi connectivity index (χ3n) is 3.75. The van der Waals surface area contributed by atoms with Crippen molar-refractivity contribution in [1.82, 2.24) is 0 Å². The molecule has 0 N–H and O–H groups in total. The van der Waals surface area contributed by atoms with Crippen molar-refractivity contribution < 1.29 is 0 Å². The number of aryl methyl sites for hydroxylation is 1. The summed E-state index contributed by atoms with van der Waals surface area (Å²) >= 11 is 5.72. The van der Waals surface area contributed by atoms with Crippen LogP contribution >= 0.6 is 27.3 Å². The quantitative estimate of drug-likeness (QED) is 0.453. The molecule has 0 saturated carbocycles. The molecule has 2 rings (SSSR count). The van der Waals surface area contributed by atoms with E-state index in [2.05, 4.69) is 71.6 Å². The van der Waals surface area contributed by atoms with E-state index in [9.17, 15) is 0 Å². The Labute approximate surface area is 141 Å². The summed E-state index contributed by atoms with van der Waals surface area (Å²) in [6.07, 6.45) is 6.35. The summed E-state index contributed by atoms with van der Waals surface area (Å²) < 4.78 is 1.26. The Balaban J connectivity index is 2.29. The van der Waals surface area contributed by atoms with E-state index in [1.54, 1.807) is 0 Å². The number of halogens is 1. The Morgan fingerprint density at radius 3 is 2.52 bits per heavy atom. The molecule has 1 aromatic heterocycles. The van der Waals surface area contributed by atoms with E-state index in [4.69, 9.17) is 0 Å². The van der Waals surface area contributed by atoms with E-state index < -0.39 is 0 Å². The van der Waals surface area contributed by atoms with Gasteiger partial charge in [0.2, 0.25) is 0 Å². The lowest BCUT2D eigenvalue weighted by molar-refractivity contribution is 0.679. The maximum Gasteiger partial charge on any atom is 0.0313 e. The first-order valence-corrected chi connectivity index (χ1v) is 9.39. The number of rotatable bonds is 7. The molecule has 0 saturated heterocycles. The molecule has 0 amide bonds. The summed E-state index contributed by atoms with van der Waals surface area (Å²) in [5.74, 6) is 0. The SMILES string of the molecule is CCCCCC/C(=C(\Br)c1ccccc1C)c1cccs1. The van der Waals surface area contributed by atoms with Crippen molar-refractivity contribution in [2.75, 3.05) is 0 Å². The fraction of sp³-hybridized carbons (Fsp3) is 0.368. The van der Waals surface area contributed by atoms with Crippen LogP contribution in [0.2, 0.25) is 0 Å². The Morgan fingerprint density at radius 1 is 1.05 bits per heavy atom. The molecule has 0 aliphatic carbocycles. The molecule has 0 bridgehead atoms. The normalized spacial score (nSPS) is 12.3. The molecule has 0 atom stereocenters. The Bertz CT molecular complexity index is 581. The Kier molecular flexibility index (Phi) is 6.72. The minimum absolute atomic E-state index is 1.15. The second-order valence-corrected chi connectivity index (χ2v) is 7.14. The first kappa shape index (κ1) is 16.5. The summed E-state index contributed by atoms with van der Waals surface area (Å²) in [6.45, 7) is 4.44. The van der Waals surface area contributed by atoms with Gasteiger partial charge in [-0.05, 0) is 63.8 Å². The lowest BCUT2D eigenvalue weighted by Gasteiger charge is -2.12. The van der Waals surface area contributed by atoms with Gasteiger partial charge in [0.05, 0.1) is 0 Å². The molecule has 2 heteroatoms. The summed E-state index contributed by atoms with van der Waals surface area (Å²) in [4.78, 5) is 1.39. The molecular formula is C19H23BrS. The lowest BCUT2D eigenvalue weighted by Crippen LogP contribution is -1.90. The summed E-state index contributed by atoms with van der Waals surface area (Å²) in [6, 6.07) is 13.0. The monoisotopic (exact) mass is 362 g/mol. The fourth-order valence-corrected chi connectivity index (χ4v) is 4.30. The molecule has 0 nitrogen and oxygen atoms in total. The number of unbranched alkanes of at least 4 members (excludes halogenated alkanes) is 3. The van der Waals surface area contributed by atoms with Gasteiger partial charge in [-0.3, -0.25) is 0 Å². The van der Waals surface area contributed by atoms with Crippen LogP contribution in [0.4, 0.5) is 0 Å². The van der Waals surface area contributed by atoms with Gasteiger partial charge in [-0.15, -0.1) is 11.3 Å². The van der Waals surface area contributed by atoms with Gasteiger partial charge in [-0.1, -0.05) is 56.5 Å². The van der Waals surface area contributed by atoms with Crippen molar-refractivity contribution in [1.29, 1.82) is 0 Å². The molecule has 21 heavy (non-hydrogen) atoms. The van der Waals surface area contributed by atoms with E-state index in [-0.39, 0.29) is 0 Å². The van der Waals surface area contributed by atoms with Crippen LogP contribution in [0.5, 0.6) is 0 Å². The smallest absolute Gasteiger partial charge is 0.0313 e. The molecule has 0 fully saturated rings. The minimum atomic E-state index is 1.15. The zero-order chi connectivity index (χ0) is 15.1. The lowest BCUT2D eigenvalue weighted by atomic mass is 10.00. The van der Waals surface area contributed by atoms with Crippen LogP contribution in [0, 0.1) is 6.92 Å². The zero-order valence-corrected chi connectivity index (χ0v) is 15.3. The zero-order valence-electron chi connectivity index (χ0n) is 12.9. The maximum atomic E-state index is 3.88. The van der Waals surface area contributed by atoms with Crippen molar-refractivity contribution in [3.05, 3.63) is 57.8 Å². The van der Waals surface area contributed by atoms with Crippen LogP contribution < -0.4 is 0 Å². The fourth-order valence-electron chi connectivity index (χ4n) is 2.50. The van der Waals surface area contributed by atoms with Gasteiger partial charge in [0.25, 0.3) is 0 Å². The molecule has 112 valence electrons. The van der Waals surface area contributed by atoms with Crippen LogP contribution in [0.3, 0.4) is 0 Å². The Morgan fingerprint density at radius 2 is 1.86 bits per heavy atom. The Hall–Kier alpha value is -0.860. The van der Waals surface area contributed by atoms with E-state index in [1.165, 1.54) is 51.7 Å². The van der Waals surface area contributed by atoms with Crippen molar-refractivity contribution in [3.8, 4) is 0 Å². The summed E-state index contributed by atoms with van der Waals surface area (Å²) in [5, 5.41) is 2.17. The van der Waals surface area contributed by atoms with Gasteiger partial charge in [0.15, 0.2) is 0 Å². The number of allylic oxidation sites excluding steroid dienone is 1. The average Bonchev–Trinajstić information content (AvgIpc) is 3.01. The van der Waals surface area contributed by atoms with E-state index in [0.717, 1.165) is 6.42 Å². The number of hydrogen-bond donors (Lipinski definition) is 0. The number of hydrogen-bond acceptors (Lipinski definition) is 1. The number of benzene rings is 1. The number of thiophene rings is 1. The van der Waals surface area contributed by atoms with Crippen molar-refractivity contribution in [2.24, 2.45) is 0 Å². The maximum absolute atomic E-state index is 3.88. The largest absolute Gasteiger partial charge is 0.144 e. The van der Waals surface area contributed by atoms with Gasteiger partial charge < -0.3 is 0 Å². The van der Waals surface area contributed by atoms with Gasteiger partial charge in [-0.25, -0.2) is 0 Å². The summed E-state index contributed by atoms with van der Waals surface area (Å²) in [5.41, 5.74) is 4.10. The van der Waals surface area contributed by atoms with Gasteiger partial charge in [-0.2, -0.15) is 0 Å². The molecule has 2 aromatic rings. The molecule has 0 spiro atoms. The standard InChI is InChI=1S/C19H23BrS/c1-3-4-5-6-12-17(18-13-9-14-21-18)19(20)16-11-8-7-10-15(16)2/h7-11,13-14H,3-6,12H2,1-2H3/b19-17+. The highest BCUT2D eigenvalue weighted by molar-refractivity contribution is 9.15. The van der Waals surface area contributed by atoms with Crippen LogP contribution in [0.1, 0.15) is 55.0 Å². The minimum Gasteiger partial charge on any atom is -0.144 e. The van der Waals surface area contributed by atoms with Crippen LogP contribution in [0.25, 0.3) is 10.1 Å². The van der Waals surface area contributed by atoms with Crippen LogP contribution in [0.15, 0.2) is 41.8 Å². The van der Waals surface area contributed by atoms with Gasteiger partial charge >= 0.3 is 0 Å². The molecule has 0 radical (unpaired) electrons. The molecule has 1 heterocycles. The predicted molar refractivity (Wildman–Crippen MR) is 100.0 cm³/mol. The first-order chi connectivity index (χ1) is 10.2. The van der Waals surface area contributed by atoms with Crippen molar-refractivity contribution in [3.63, 3.8) is 0 Å². The molecule has 0 aliphatic rings. The third-order valence-corrected chi connectivity index (χ3v) is 5.58. The highest BCUT2D eigenvalue weighted by atomic mass is 79.9. The third kappa shape index (κ3) is 4.55. The van der Waals surface area contributed by atoms with E-state index in [1.807, 2.05) is 11.3 Å².